The van der Waals surface area contributed by atoms with E-state index in [-0.39, 0.29) is 5.91 Å². The number of nitrogens with one attached hydrogen (secondary N) is 1. The molecule has 0 aliphatic rings. The number of anilines is 1. The summed E-state index contributed by atoms with van der Waals surface area (Å²) in [7, 11) is 3.29. The maximum Gasteiger partial charge on any atom is 0.228 e. The number of amides is 1. The summed E-state index contributed by atoms with van der Waals surface area (Å²) >= 11 is 3.41. The van der Waals surface area contributed by atoms with Crippen LogP contribution in [-0.4, -0.2) is 24.7 Å². The molecule has 3 aromatic carbocycles. The third-order valence-corrected chi connectivity index (χ3v) is 5.64. The number of rotatable bonds is 7. The Hall–Kier alpha value is -3.25. The summed E-state index contributed by atoms with van der Waals surface area (Å²) in [4.78, 5) is 12.7. The molecule has 0 aliphatic heterocycles. The van der Waals surface area contributed by atoms with Crippen LogP contribution in [0.4, 0.5) is 5.69 Å². The van der Waals surface area contributed by atoms with Crippen molar-refractivity contribution in [3.8, 4) is 11.5 Å². The van der Waals surface area contributed by atoms with Gasteiger partial charge in [0, 0.05) is 39.9 Å². The van der Waals surface area contributed by atoms with Gasteiger partial charge in [-0.25, -0.2) is 0 Å². The molecule has 0 saturated heterocycles. The standard InChI is InChI=1S/C25H23BrN2O3/c1-30-21-11-17(12-22(14-21)31-2)15-28-16-18(23-5-3-4-6-24(23)28)13-25(29)27-20-9-7-19(26)8-10-20/h3-12,14,16H,13,15H2,1-2H3,(H,27,29). The molecule has 0 bridgehead atoms. The predicted octanol–water partition coefficient (Wildman–Crippen LogP) is 5.65. The van der Waals surface area contributed by atoms with Gasteiger partial charge in [0.15, 0.2) is 0 Å². The predicted molar refractivity (Wildman–Crippen MR) is 127 cm³/mol. The van der Waals surface area contributed by atoms with Crippen LogP contribution in [0.15, 0.2) is 77.4 Å². The number of ether oxygens (including phenoxy) is 2. The van der Waals surface area contributed by atoms with Gasteiger partial charge in [0.05, 0.1) is 20.6 Å². The first-order valence-electron chi connectivity index (χ1n) is 9.90. The van der Waals surface area contributed by atoms with E-state index in [1.807, 2.05) is 54.6 Å². The molecule has 5 nitrogen and oxygen atoms in total. The monoisotopic (exact) mass is 478 g/mol. The number of benzene rings is 3. The van der Waals surface area contributed by atoms with E-state index < -0.39 is 0 Å². The van der Waals surface area contributed by atoms with Crippen molar-refractivity contribution in [2.75, 3.05) is 19.5 Å². The summed E-state index contributed by atoms with van der Waals surface area (Å²) in [5, 5.41) is 4.04. The fourth-order valence-electron chi connectivity index (χ4n) is 3.66. The van der Waals surface area contributed by atoms with Gasteiger partial charge in [-0.3, -0.25) is 4.79 Å². The number of para-hydroxylation sites is 1. The minimum absolute atomic E-state index is 0.0479. The van der Waals surface area contributed by atoms with Gasteiger partial charge in [0.1, 0.15) is 11.5 Å². The zero-order chi connectivity index (χ0) is 21.8. The topological polar surface area (TPSA) is 52.5 Å². The van der Waals surface area contributed by atoms with Gasteiger partial charge in [-0.2, -0.15) is 0 Å². The first-order chi connectivity index (χ1) is 15.1. The Morgan fingerprint density at radius 3 is 2.32 bits per heavy atom. The molecule has 0 spiro atoms. The molecule has 1 heterocycles. The highest BCUT2D eigenvalue weighted by atomic mass is 79.9. The molecule has 4 aromatic rings. The summed E-state index contributed by atoms with van der Waals surface area (Å²) in [6, 6.07) is 21.6. The lowest BCUT2D eigenvalue weighted by Gasteiger charge is -2.10. The van der Waals surface area contributed by atoms with Gasteiger partial charge in [0.2, 0.25) is 5.91 Å². The van der Waals surface area contributed by atoms with Gasteiger partial charge in [-0.05, 0) is 53.6 Å². The molecular weight excluding hydrogens is 456 g/mol. The molecule has 6 heteroatoms. The second kappa shape index (κ2) is 9.27. The van der Waals surface area contributed by atoms with Gasteiger partial charge in [-0.1, -0.05) is 34.1 Å². The van der Waals surface area contributed by atoms with Crippen molar-refractivity contribution in [3.05, 3.63) is 88.5 Å². The smallest absolute Gasteiger partial charge is 0.228 e. The van der Waals surface area contributed by atoms with E-state index >= 15 is 0 Å². The van der Waals surface area contributed by atoms with Crippen molar-refractivity contribution < 1.29 is 14.3 Å². The lowest BCUT2D eigenvalue weighted by atomic mass is 10.1. The van der Waals surface area contributed by atoms with Gasteiger partial charge < -0.3 is 19.4 Å². The largest absolute Gasteiger partial charge is 0.497 e. The molecule has 0 unspecified atom stereocenters. The first kappa shape index (κ1) is 21.0. The van der Waals surface area contributed by atoms with Gasteiger partial charge >= 0.3 is 0 Å². The van der Waals surface area contributed by atoms with E-state index in [1.165, 1.54) is 0 Å². The number of halogens is 1. The van der Waals surface area contributed by atoms with Crippen LogP contribution in [-0.2, 0) is 17.8 Å². The second-order valence-electron chi connectivity index (χ2n) is 7.25. The molecule has 31 heavy (non-hydrogen) atoms. The average molecular weight is 479 g/mol. The van der Waals surface area contributed by atoms with Crippen LogP contribution in [0.5, 0.6) is 11.5 Å². The lowest BCUT2D eigenvalue weighted by Crippen LogP contribution is -2.14. The van der Waals surface area contributed by atoms with Crippen molar-refractivity contribution in [1.29, 1.82) is 0 Å². The Morgan fingerprint density at radius 2 is 1.65 bits per heavy atom. The van der Waals surface area contributed by atoms with Crippen LogP contribution in [0.1, 0.15) is 11.1 Å². The minimum Gasteiger partial charge on any atom is -0.497 e. The molecule has 4 rings (SSSR count). The van der Waals surface area contributed by atoms with Crippen LogP contribution < -0.4 is 14.8 Å². The molecule has 0 saturated carbocycles. The SMILES string of the molecule is COc1cc(Cn2cc(CC(=O)Nc3ccc(Br)cc3)c3ccccc32)cc(OC)c1. The van der Waals surface area contributed by atoms with Crippen LogP contribution in [0.3, 0.4) is 0 Å². The summed E-state index contributed by atoms with van der Waals surface area (Å²) in [5.74, 6) is 1.45. The molecule has 158 valence electrons. The van der Waals surface area contributed by atoms with E-state index in [4.69, 9.17) is 9.47 Å². The van der Waals surface area contributed by atoms with Gasteiger partial charge in [-0.15, -0.1) is 0 Å². The summed E-state index contributed by atoms with van der Waals surface area (Å²) in [6.07, 6.45) is 2.35. The molecule has 1 aromatic heterocycles. The molecule has 0 fully saturated rings. The quantitative estimate of drug-likeness (QED) is 0.373. The van der Waals surface area contributed by atoms with Crippen LogP contribution in [0, 0.1) is 0 Å². The number of aromatic nitrogens is 1. The number of carbonyl (C=O) groups is 1. The third kappa shape index (κ3) is 4.91. The highest BCUT2D eigenvalue weighted by Gasteiger charge is 2.13. The maximum atomic E-state index is 12.7. The Balaban J connectivity index is 1.60. The molecular formula is C25H23BrN2O3. The van der Waals surface area contributed by atoms with Crippen molar-refractivity contribution in [2.45, 2.75) is 13.0 Å². The van der Waals surface area contributed by atoms with Crippen LogP contribution >= 0.6 is 15.9 Å². The molecule has 0 radical (unpaired) electrons. The Morgan fingerprint density at radius 1 is 0.968 bits per heavy atom. The Kier molecular flexibility index (Phi) is 6.28. The van der Waals surface area contributed by atoms with E-state index in [0.29, 0.717) is 13.0 Å². The summed E-state index contributed by atoms with van der Waals surface area (Å²) in [5.41, 5.74) is 3.90. The third-order valence-electron chi connectivity index (χ3n) is 5.11. The lowest BCUT2D eigenvalue weighted by molar-refractivity contribution is -0.115. The maximum absolute atomic E-state index is 12.7. The number of carbonyl (C=O) groups excluding carboxylic acids is 1. The van der Waals surface area contributed by atoms with Crippen molar-refractivity contribution in [2.24, 2.45) is 0 Å². The number of fused-ring (bicyclic) bond motifs is 1. The van der Waals surface area contributed by atoms with Crippen molar-refractivity contribution in [1.82, 2.24) is 4.57 Å². The van der Waals surface area contributed by atoms with E-state index in [1.54, 1.807) is 14.2 Å². The van der Waals surface area contributed by atoms with Gasteiger partial charge in [0.25, 0.3) is 0 Å². The zero-order valence-electron chi connectivity index (χ0n) is 17.4. The van der Waals surface area contributed by atoms with E-state index in [2.05, 4.69) is 44.1 Å². The molecule has 1 N–H and O–H groups in total. The number of hydrogen-bond donors (Lipinski definition) is 1. The fraction of sp³-hybridized carbons (Fsp3) is 0.160. The minimum atomic E-state index is -0.0479. The zero-order valence-corrected chi connectivity index (χ0v) is 19.0. The van der Waals surface area contributed by atoms with E-state index in [9.17, 15) is 4.79 Å². The fourth-order valence-corrected chi connectivity index (χ4v) is 3.92. The number of nitrogens with zero attached hydrogens (tertiary/aromatic N) is 1. The van der Waals surface area contributed by atoms with Crippen molar-refractivity contribution in [3.63, 3.8) is 0 Å². The highest BCUT2D eigenvalue weighted by molar-refractivity contribution is 9.10. The normalized spacial score (nSPS) is 10.8. The van der Waals surface area contributed by atoms with Crippen molar-refractivity contribution >= 4 is 38.4 Å². The Bertz CT molecular complexity index is 1190. The van der Waals surface area contributed by atoms with Crippen LogP contribution in [0.25, 0.3) is 10.9 Å². The summed E-state index contributed by atoms with van der Waals surface area (Å²) in [6.45, 7) is 0.641. The molecule has 0 aliphatic carbocycles. The van der Waals surface area contributed by atoms with Crippen LogP contribution in [0.2, 0.25) is 0 Å². The molecule has 1 amide bonds. The number of hydrogen-bond acceptors (Lipinski definition) is 3. The second-order valence-corrected chi connectivity index (χ2v) is 8.17. The first-order valence-corrected chi connectivity index (χ1v) is 10.7. The average Bonchev–Trinajstić information content (AvgIpc) is 3.12. The number of methoxy groups -OCH3 is 2. The highest BCUT2D eigenvalue weighted by Crippen LogP contribution is 2.27. The molecule has 0 atom stereocenters. The summed E-state index contributed by atoms with van der Waals surface area (Å²) < 4.78 is 13.9. The van der Waals surface area contributed by atoms with E-state index in [0.717, 1.165) is 43.7 Å². The Labute approximate surface area is 189 Å².